The molecular weight excluding hydrogens is 661 g/mol. The number of nitrogens with one attached hydrogen (secondary N) is 2. The second-order valence-electron chi connectivity index (χ2n) is 9.85. The van der Waals surface area contributed by atoms with Crippen LogP contribution in [0.1, 0.15) is 22.0 Å². The van der Waals surface area contributed by atoms with Gasteiger partial charge in [-0.1, -0.05) is 102 Å². The molecule has 2 aliphatic rings. The lowest BCUT2D eigenvalue weighted by atomic mass is 10.0. The maximum Gasteiger partial charge on any atom is 0.352 e. The first-order valence-electron chi connectivity index (χ1n) is 13.5. The molecule has 0 radical (unpaired) electrons. The van der Waals surface area contributed by atoms with Crippen LogP contribution in [0.2, 0.25) is 10.0 Å². The lowest BCUT2D eigenvalue weighted by molar-refractivity contribution is -0.151. The van der Waals surface area contributed by atoms with E-state index in [9.17, 15) is 29.1 Å². The molecule has 45 heavy (non-hydrogen) atoms. The number of nitrogens with zero attached hydrogens (tertiary/aromatic N) is 1. The summed E-state index contributed by atoms with van der Waals surface area (Å²) in [5, 5.41) is 14.8. The van der Waals surface area contributed by atoms with E-state index >= 15 is 0 Å². The molecule has 3 N–H and O–H groups in total. The van der Waals surface area contributed by atoms with Crippen LogP contribution in [-0.2, 0) is 19.2 Å². The van der Waals surface area contributed by atoms with E-state index in [0.717, 1.165) is 16.7 Å². The number of hydrogen-bond acceptors (Lipinski definition) is 8. The number of carboxylic acid groups (broad SMARTS) is 1. The highest BCUT2D eigenvalue weighted by Crippen LogP contribution is 2.41. The van der Waals surface area contributed by atoms with Gasteiger partial charge in [0.25, 0.3) is 11.8 Å². The molecule has 232 valence electrons. The number of fused-ring (bicyclic) bond motifs is 1. The van der Waals surface area contributed by atoms with Gasteiger partial charge in [0.1, 0.15) is 23.2 Å². The van der Waals surface area contributed by atoms with Crippen molar-refractivity contribution < 1.29 is 33.8 Å². The fourth-order valence-electron chi connectivity index (χ4n) is 4.75. The normalized spacial score (nSPS) is 17.9. The minimum Gasteiger partial charge on any atom is -0.481 e. The van der Waals surface area contributed by atoms with Gasteiger partial charge in [0.15, 0.2) is 12.4 Å². The van der Waals surface area contributed by atoms with Gasteiger partial charge >= 0.3 is 5.97 Å². The molecule has 1 unspecified atom stereocenters. The molecule has 0 saturated carbocycles. The maximum absolute atomic E-state index is 13.5. The van der Waals surface area contributed by atoms with Crippen molar-refractivity contribution in [1.29, 1.82) is 0 Å². The van der Waals surface area contributed by atoms with Crippen molar-refractivity contribution in [2.75, 3.05) is 18.1 Å². The largest absolute Gasteiger partial charge is 0.481 e. The third kappa shape index (κ3) is 7.30. The number of halogens is 2. The first-order chi connectivity index (χ1) is 21.7. The van der Waals surface area contributed by atoms with Gasteiger partial charge < -0.3 is 20.5 Å². The molecule has 3 atom stereocenters. The Morgan fingerprint density at radius 3 is 2.27 bits per heavy atom. The minimum absolute atomic E-state index is 0.0967. The van der Waals surface area contributed by atoms with E-state index in [-0.39, 0.29) is 38.1 Å². The van der Waals surface area contributed by atoms with E-state index in [4.69, 9.17) is 27.9 Å². The molecule has 0 spiro atoms. The number of thioether (sulfide) groups is 2. The number of rotatable bonds is 11. The topological polar surface area (TPSA) is 142 Å². The van der Waals surface area contributed by atoms with E-state index in [0.29, 0.717) is 16.7 Å². The molecule has 5 rings (SSSR count). The molecule has 3 aromatic rings. The number of benzene rings is 3. The summed E-state index contributed by atoms with van der Waals surface area (Å²) < 4.78 is 5.50. The molecule has 3 aromatic carbocycles. The van der Waals surface area contributed by atoms with Gasteiger partial charge in [-0.05, 0) is 23.3 Å². The Hall–Kier alpha value is -3.97. The fraction of sp³-hybridized carbons (Fsp3) is 0.194. The summed E-state index contributed by atoms with van der Waals surface area (Å²) >= 11 is 14.5. The van der Waals surface area contributed by atoms with E-state index in [2.05, 4.69) is 10.6 Å². The molecule has 2 aliphatic heterocycles. The number of ether oxygens (including phenoxy) is 1. The number of hydrogen-bond donors (Lipinski definition) is 3. The highest BCUT2D eigenvalue weighted by Gasteiger charge is 2.54. The second kappa shape index (κ2) is 14.4. The average Bonchev–Trinajstić information content (AvgIpc) is 3.04. The Labute approximate surface area is 276 Å². The Morgan fingerprint density at radius 1 is 0.978 bits per heavy atom. The summed E-state index contributed by atoms with van der Waals surface area (Å²) in [6.07, 6.45) is 0. The van der Waals surface area contributed by atoms with E-state index in [1.54, 1.807) is 78.9 Å². The van der Waals surface area contributed by atoms with Crippen LogP contribution in [0.3, 0.4) is 0 Å². The summed E-state index contributed by atoms with van der Waals surface area (Å²) in [5.41, 5.74) is 1.19. The van der Waals surface area contributed by atoms with Crippen LogP contribution in [0.4, 0.5) is 0 Å². The monoisotopic (exact) mass is 685 g/mol. The highest BCUT2D eigenvalue weighted by atomic mass is 35.5. The third-order valence-electron chi connectivity index (χ3n) is 6.90. The second-order valence-corrected chi connectivity index (χ2v) is 12.7. The van der Waals surface area contributed by atoms with Crippen LogP contribution in [0.5, 0.6) is 5.75 Å². The molecule has 2 heterocycles. The van der Waals surface area contributed by atoms with Crippen LogP contribution in [0.15, 0.2) is 90.1 Å². The number of β-lactam (4-membered cyclic amide) rings is 1. The number of para-hydroxylation sites is 1. The van der Waals surface area contributed by atoms with Gasteiger partial charge in [-0.15, -0.1) is 11.8 Å². The summed E-state index contributed by atoms with van der Waals surface area (Å²) in [6, 6.07) is 19.6. The van der Waals surface area contributed by atoms with Crippen LogP contribution in [0, 0.1) is 0 Å². The van der Waals surface area contributed by atoms with E-state index in [1.165, 1.54) is 11.8 Å². The third-order valence-corrected chi connectivity index (χ3v) is 9.83. The van der Waals surface area contributed by atoms with Gasteiger partial charge in [-0.25, -0.2) is 4.79 Å². The Balaban J connectivity index is 1.26. The molecule has 14 heteroatoms. The molecular formula is C31H25Cl2N3O7S2. The van der Waals surface area contributed by atoms with Crippen molar-refractivity contribution in [3.05, 3.63) is 111 Å². The zero-order chi connectivity index (χ0) is 32.1. The summed E-state index contributed by atoms with van der Waals surface area (Å²) in [6.45, 7) is -0.491. The lowest BCUT2D eigenvalue weighted by Gasteiger charge is -2.49. The lowest BCUT2D eigenvalue weighted by Crippen LogP contribution is -2.71. The summed E-state index contributed by atoms with van der Waals surface area (Å²) in [5.74, 6) is -2.75. The quantitative estimate of drug-likeness (QED) is 0.248. The molecule has 0 aromatic heterocycles. The fourth-order valence-corrected chi connectivity index (χ4v) is 7.58. The van der Waals surface area contributed by atoms with Crippen molar-refractivity contribution in [2.45, 2.75) is 17.5 Å². The average molecular weight is 687 g/mol. The molecule has 1 fully saturated rings. The summed E-state index contributed by atoms with van der Waals surface area (Å²) in [7, 11) is 0. The maximum atomic E-state index is 13.5. The smallest absolute Gasteiger partial charge is 0.352 e. The molecule has 1 saturated heterocycles. The zero-order valence-electron chi connectivity index (χ0n) is 23.3. The number of carboxylic acids is 1. The van der Waals surface area contributed by atoms with Crippen LogP contribution in [-0.4, -0.2) is 68.3 Å². The molecule has 3 amide bonds. The number of carbonyl (C=O) groups excluding carboxylic acids is 4. The predicted molar refractivity (Wildman–Crippen MR) is 172 cm³/mol. The first kappa shape index (κ1) is 32.4. The van der Waals surface area contributed by atoms with E-state index < -0.39 is 47.8 Å². The van der Waals surface area contributed by atoms with Crippen LogP contribution >= 0.6 is 46.7 Å². The van der Waals surface area contributed by atoms with Gasteiger partial charge in [-0.3, -0.25) is 24.1 Å². The number of amides is 3. The zero-order valence-corrected chi connectivity index (χ0v) is 26.4. The Bertz CT molecular complexity index is 1650. The molecule has 0 aliphatic carbocycles. The van der Waals surface area contributed by atoms with Gasteiger partial charge in [0.2, 0.25) is 11.0 Å². The predicted octanol–water partition coefficient (Wildman–Crippen LogP) is 4.54. The van der Waals surface area contributed by atoms with Crippen LogP contribution in [0.25, 0.3) is 0 Å². The molecule has 0 bridgehead atoms. The standard InChI is InChI=1S/C31H25Cl2N3O7S2/c32-20-12-7-13-21(33)26(20)43-14-22(37)34-23(17-8-3-1-4-9-17)27(38)35-24-28(39)36-25(30(40)41)19(15-44-29(24)36)16-45-31(42)18-10-5-2-6-11-18/h1-13,23-24,29H,14-16H2,(H,34,37)(H,35,38)(H,40,41)/t23-,24?,29-/m0/s1. The minimum atomic E-state index is -1.30. The van der Waals surface area contributed by atoms with Gasteiger partial charge in [0, 0.05) is 17.1 Å². The highest BCUT2D eigenvalue weighted by molar-refractivity contribution is 8.14. The van der Waals surface area contributed by atoms with Crippen molar-refractivity contribution in [3.63, 3.8) is 0 Å². The van der Waals surface area contributed by atoms with Crippen molar-refractivity contribution in [2.24, 2.45) is 0 Å². The first-order valence-corrected chi connectivity index (χ1v) is 16.3. The summed E-state index contributed by atoms with van der Waals surface area (Å²) in [4.78, 5) is 65.6. The van der Waals surface area contributed by atoms with Gasteiger partial charge in [0.05, 0.1) is 10.0 Å². The van der Waals surface area contributed by atoms with Crippen molar-refractivity contribution in [3.8, 4) is 5.75 Å². The Kier molecular flexibility index (Phi) is 10.4. The molecule has 10 nitrogen and oxygen atoms in total. The van der Waals surface area contributed by atoms with E-state index in [1.807, 2.05) is 0 Å². The Morgan fingerprint density at radius 2 is 1.62 bits per heavy atom. The number of carbonyl (C=O) groups is 5. The van der Waals surface area contributed by atoms with Crippen LogP contribution < -0.4 is 15.4 Å². The number of aliphatic carboxylic acids is 1. The van der Waals surface area contributed by atoms with Crippen molar-refractivity contribution >= 4 is 75.5 Å². The SMILES string of the molecule is O=C(COc1c(Cl)cccc1Cl)N[C@H](C(=O)NC1C(=O)N2C(C(=O)O)=C(CSC(=O)c3ccccc3)CS[C@@H]12)c1ccccc1. The van der Waals surface area contributed by atoms with Gasteiger partial charge in [-0.2, -0.15) is 0 Å². The van der Waals surface area contributed by atoms with Crippen molar-refractivity contribution in [1.82, 2.24) is 15.5 Å².